The summed E-state index contributed by atoms with van der Waals surface area (Å²) in [5.41, 5.74) is 6.79. The third-order valence-corrected chi connectivity index (χ3v) is 3.03. The van der Waals surface area contributed by atoms with Crippen molar-refractivity contribution in [3.05, 3.63) is 41.1 Å². The van der Waals surface area contributed by atoms with E-state index < -0.39 is 17.3 Å². The van der Waals surface area contributed by atoms with Crippen molar-refractivity contribution < 1.29 is 13.2 Å². The fraction of sp³-hybridized carbons (Fsp3) is 0.400. The van der Waals surface area contributed by atoms with Gasteiger partial charge in [0, 0.05) is 23.0 Å². The molecule has 5 heteroatoms. The number of nitrogens with zero attached hydrogens (tertiary/aromatic N) is 1. The van der Waals surface area contributed by atoms with Crippen LogP contribution in [0.4, 0.5) is 13.2 Å². The SMILES string of the molecule is Cc1cc(CC(C)(C)N)nc2cc(C(F)(F)F)ccc12. The van der Waals surface area contributed by atoms with Crippen LogP contribution in [0.5, 0.6) is 0 Å². The molecule has 0 atom stereocenters. The van der Waals surface area contributed by atoms with Gasteiger partial charge in [-0.25, -0.2) is 0 Å². The quantitative estimate of drug-likeness (QED) is 0.909. The van der Waals surface area contributed by atoms with Gasteiger partial charge in [0.2, 0.25) is 0 Å². The van der Waals surface area contributed by atoms with Crippen LogP contribution in [0.15, 0.2) is 24.3 Å². The number of fused-ring (bicyclic) bond motifs is 1. The van der Waals surface area contributed by atoms with Crippen molar-refractivity contribution in [1.29, 1.82) is 0 Å². The summed E-state index contributed by atoms with van der Waals surface area (Å²) in [6.45, 7) is 5.59. The molecule has 108 valence electrons. The van der Waals surface area contributed by atoms with Crippen molar-refractivity contribution in [3.63, 3.8) is 0 Å². The van der Waals surface area contributed by atoms with Crippen molar-refractivity contribution in [3.8, 4) is 0 Å². The summed E-state index contributed by atoms with van der Waals surface area (Å²) in [6, 6.07) is 5.53. The van der Waals surface area contributed by atoms with Gasteiger partial charge in [0.15, 0.2) is 0 Å². The Kier molecular flexibility index (Phi) is 3.50. The zero-order valence-electron chi connectivity index (χ0n) is 11.7. The van der Waals surface area contributed by atoms with Crippen LogP contribution in [-0.4, -0.2) is 10.5 Å². The zero-order valence-corrected chi connectivity index (χ0v) is 11.7. The standard InChI is InChI=1S/C15H17F3N2/c1-9-6-11(8-14(2,3)19)20-13-7-10(15(16,17)18)4-5-12(9)13/h4-7H,8,19H2,1-3H3. The summed E-state index contributed by atoms with van der Waals surface area (Å²) < 4.78 is 38.2. The third-order valence-electron chi connectivity index (χ3n) is 3.03. The van der Waals surface area contributed by atoms with E-state index in [1.807, 2.05) is 26.8 Å². The second-order valence-corrected chi connectivity index (χ2v) is 5.83. The molecule has 0 spiro atoms. The van der Waals surface area contributed by atoms with Crippen molar-refractivity contribution >= 4 is 10.9 Å². The fourth-order valence-corrected chi connectivity index (χ4v) is 2.21. The molecule has 2 nitrogen and oxygen atoms in total. The highest BCUT2D eigenvalue weighted by molar-refractivity contribution is 5.83. The van der Waals surface area contributed by atoms with Crippen LogP contribution in [0.2, 0.25) is 0 Å². The van der Waals surface area contributed by atoms with E-state index in [0.717, 1.165) is 23.1 Å². The first kappa shape index (κ1) is 14.8. The van der Waals surface area contributed by atoms with E-state index in [1.165, 1.54) is 6.07 Å². The predicted octanol–water partition coefficient (Wildman–Crippen LogP) is 3.84. The number of pyridine rings is 1. The second kappa shape index (κ2) is 4.74. The molecule has 2 aromatic rings. The monoisotopic (exact) mass is 282 g/mol. The van der Waals surface area contributed by atoms with E-state index in [4.69, 9.17) is 5.73 Å². The van der Waals surface area contributed by atoms with Crippen LogP contribution in [0.3, 0.4) is 0 Å². The lowest BCUT2D eigenvalue weighted by Crippen LogP contribution is -2.34. The Morgan fingerprint density at radius 3 is 2.35 bits per heavy atom. The molecule has 0 aliphatic carbocycles. The number of halogens is 3. The topological polar surface area (TPSA) is 38.9 Å². The maximum atomic E-state index is 12.7. The van der Waals surface area contributed by atoms with Crippen LogP contribution in [0.25, 0.3) is 10.9 Å². The Morgan fingerprint density at radius 2 is 1.80 bits per heavy atom. The number of benzene rings is 1. The molecule has 1 aromatic heterocycles. The van der Waals surface area contributed by atoms with Crippen molar-refractivity contribution in [2.75, 3.05) is 0 Å². The van der Waals surface area contributed by atoms with Gasteiger partial charge in [-0.05, 0) is 44.5 Å². The first-order chi connectivity index (χ1) is 9.06. The van der Waals surface area contributed by atoms with Crippen LogP contribution < -0.4 is 5.73 Å². The van der Waals surface area contributed by atoms with Crippen molar-refractivity contribution in [2.24, 2.45) is 5.73 Å². The number of hydrogen-bond acceptors (Lipinski definition) is 2. The van der Waals surface area contributed by atoms with Crippen LogP contribution in [0, 0.1) is 6.92 Å². The largest absolute Gasteiger partial charge is 0.416 e. The molecule has 0 aliphatic rings. The average Bonchev–Trinajstić information content (AvgIpc) is 2.24. The Bertz CT molecular complexity index is 640. The average molecular weight is 282 g/mol. The van der Waals surface area contributed by atoms with Gasteiger partial charge in [0.1, 0.15) is 0 Å². The minimum Gasteiger partial charge on any atom is -0.325 e. The number of aromatic nitrogens is 1. The molecule has 0 unspecified atom stereocenters. The lowest BCUT2D eigenvalue weighted by atomic mass is 9.97. The highest BCUT2D eigenvalue weighted by atomic mass is 19.4. The Morgan fingerprint density at radius 1 is 1.15 bits per heavy atom. The Hall–Kier alpha value is -1.62. The van der Waals surface area contributed by atoms with E-state index in [-0.39, 0.29) is 0 Å². The molecule has 20 heavy (non-hydrogen) atoms. The summed E-state index contributed by atoms with van der Waals surface area (Å²) in [4.78, 5) is 4.32. The van der Waals surface area contributed by atoms with Gasteiger partial charge >= 0.3 is 6.18 Å². The number of rotatable bonds is 2. The predicted molar refractivity (Wildman–Crippen MR) is 73.5 cm³/mol. The van der Waals surface area contributed by atoms with Crippen LogP contribution >= 0.6 is 0 Å². The lowest BCUT2D eigenvalue weighted by Gasteiger charge is -2.18. The molecule has 0 radical (unpaired) electrons. The molecule has 1 heterocycles. The van der Waals surface area contributed by atoms with Crippen LogP contribution in [0.1, 0.15) is 30.7 Å². The molecule has 0 saturated carbocycles. The summed E-state index contributed by atoms with van der Waals surface area (Å²) >= 11 is 0. The molecule has 1 aromatic carbocycles. The minimum atomic E-state index is -4.35. The maximum Gasteiger partial charge on any atom is 0.416 e. The van der Waals surface area contributed by atoms with Gasteiger partial charge < -0.3 is 5.73 Å². The molecular formula is C15H17F3N2. The van der Waals surface area contributed by atoms with Gasteiger partial charge in [-0.2, -0.15) is 13.2 Å². The summed E-state index contributed by atoms with van der Waals surface area (Å²) in [7, 11) is 0. The summed E-state index contributed by atoms with van der Waals surface area (Å²) in [6.07, 6.45) is -3.84. The lowest BCUT2D eigenvalue weighted by molar-refractivity contribution is -0.137. The normalized spacial score (nSPS) is 12.9. The van der Waals surface area contributed by atoms with Gasteiger partial charge in [-0.15, -0.1) is 0 Å². The van der Waals surface area contributed by atoms with Crippen molar-refractivity contribution in [1.82, 2.24) is 4.98 Å². The molecule has 0 aliphatic heterocycles. The highest BCUT2D eigenvalue weighted by Gasteiger charge is 2.30. The van der Waals surface area contributed by atoms with Gasteiger partial charge in [0.05, 0.1) is 11.1 Å². The molecule has 0 amide bonds. The molecule has 2 rings (SSSR count). The smallest absolute Gasteiger partial charge is 0.325 e. The van der Waals surface area contributed by atoms with Gasteiger partial charge in [0.25, 0.3) is 0 Å². The van der Waals surface area contributed by atoms with Crippen molar-refractivity contribution in [2.45, 2.75) is 38.9 Å². The van der Waals surface area contributed by atoms with Gasteiger partial charge in [-0.3, -0.25) is 4.98 Å². The first-order valence-corrected chi connectivity index (χ1v) is 6.33. The number of hydrogen-bond donors (Lipinski definition) is 1. The molecule has 0 bridgehead atoms. The molecule has 2 N–H and O–H groups in total. The second-order valence-electron chi connectivity index (χ2n) is 5.83. The molecule has 0 fully saturated rings. The van der Waals surface area contributed by atoms with E-state index in [9.17, 15) is 13.2 Å². The highest BCUT2D eigenvalue weighted by Crippen LogP contribution is 2.32. The molecular weight excluding hydrogens is 265 g/mol. The van der Waals surface area contributed by atoms with E-state index >= 15 is 0 Å². The van der Waals surface area contributed by atoms with E-state index in [1.54, 1.807) is 0 Å². The first-order valence-electron chi connectivity index (χ1n) is 6.33. The summed E-state index contributed by atoms with van der Waals surface area (Å²) in [5.74, 6) is 0. The molecule has 0 saturated heterocycles. The zero-order chi connectivity index (χ0) is 15.1. The number of nitrogens with two attached hydrogens (primary N) is 1. The Balaban J connectivity index is 2.56. The maximum absolute atomic E-state index is 12.7. The minimum absolute atomic E-state index is 0.360. The van der Waals surface area contributed by atoms with Gasteiger partial charge in [-0.1, -0.05) is 6.07 Å². The van der Waals surface area contributed by atoms with Crippen LogP contribution in [-0.2, 0) is 12.6 Å². The Labute approximate surface area is 115 Å². The van der Waals surface area contributed by atoms with E-state index in [2.05, 4.69) is 4.98 Å². The van der Waals surface area contributed by atoms with E-state index in [0.29, 0.717) is 17.6 Å². The fourth-order valence-electron chi connectivity index (χ4n) is 2.21. The summed E-state index contributed by atoms with van der Waals surface area (Å²) in [5, 5.41) is 0.733. The number of alkyl halides is 3. The third kappa shape index (κ3) is 3.28. The number of aryl methyl sites for hydroxylation is 1.